The third-order valence-corrected chi connectivity index (χ3v) is 2.28. The van der Waals surface area contributed by atoms with Crippen LogP contribution in [0.5, 0.6) is 5.88 Å². The zero-order valence-electron chi connectivity index (χ0n) is 10.4. The highest BCUT2D eigenvalue weighted by atomic mass is 16.5. The van der Waals surface area contributed by atoms with Crippen LogP contribution in [-0.4, -0.2) is 27.1 Å². The summed E-state index contributed by atoms with van der Waals surface area (Å²) in [5.41, 5.74) is 7.27. The highest BCUT2D eigenvalue weighted by Crippen LogP contribution is 2.16. The quantitative estimate of drug-likeness (QED) is 0.843. The molecule has 2 heterocycles. The summed E-state index contributed by atoms with van der Waals surface area (Å²) in [5, 5.41) is 0. The highest BCUT2D eigenvalue weighted by molar-refractivity contribution is 5.71. The summed E-state index contributed by atoms with van der Waals surface area (Å²) in [5.74, 6) is 1.46. The molecule has 0 fully saturated rings. The number of rotatable bonds is 4. The SMILES string of the molecule is CCOc1ccc2[nH]c(CC(C)(C)N)nc2n1. The Bertz CT molecular complexity index is 513. The zero-order valence-corrected chi connectivity index (χ0v) is 10.4. The van der Waals surface area contributed by atoms with Crippen molar-refractivity contribution in [1.82, 2.24) is 15.0 Å². The Hall–Kier alpha value is -1.62. The zero-order chi connectivity index (χ0) is 12.5. The van der Waals surface area contributed by atoms with Crippen molar-refractivity contribution < 1.29 is 4.74 Å². The van der Waals surface area contributed by atoms with Gasteiger partial charge < -0.3 is 15.5 Å². The van der Waals surface area contributed by atoms with E-state index in [2.05, 4.69) is 15.0 Å². The van der Waals surface area contributed by atoms with Gasteiger partial charge in [-0.05, 0) is 26.8 Å². The Morgan fingerprint density at radius 1 is 1.35 bits per heavy atom. The van der Waals surface area contributed by atoms with Crippen molar-refractivity contribution in [3.8, 4) is 5.88 Å². The van der Waals surface area contributed by atoms with Crippen molar-refractivity contribution in [2.75, 3.05) is 6.61 Å². The Balaban J connectivity index is 2.30. The Morgan fingerprint density at radius 2 is 2.12 bits per heavy atom. The van der Waals surface area contributed by atoms with E-state index < -0.39 is 0 Å². The largest absolute Gasteiger partial charge is 0.478 e. The van der Waals surface area contributed by atoms with Crippen LogP contribution in [0.4, 0.5) is 0 Å². The molecule has 2 aromatic rings. The number of aromatic nitrogens is 3. The minimum absolute atomic E-state index is 0.281. The summed E-state index contributed by atoms with van der Waals surface area (Å²) >= 11 is 0. The van der Waals surface area contributed by atoms with Crippen molar-refractivity contribution in [2.45, 2.75) is 32.7 Å². The number of fused-ring (bicyclic) bond motifs is 1. The number of nitrogens with one attached hydrogen (secondary N) is 1. The molecule has 92 valence electrons. The van der Waals surface area contributed by atoms with Gasteiger partial charge in [0.05, 0.1) is 12.1 Å². The number of aromatic amines is 1. The van der Waals surface area contributed by atoms with E-state index in [9.17, 15) is 0 Å². The van der Waals surface area contributed by atoms with Gasteiger partial charge in [-0.15, -0.1) is 0 Å². The fourth-order valence-electron chi connectivity index (χ4n) is 1.67. The second-order valence-corrected chi connectivity index (χ2v) is 4.80. The number of H-pyrrole nitrogens is 1. The number of nitrogens with zero attached hydrogens (tertiary/aromatic N) is 2. The third kappa shape index (κ3) is 2.94. The summed E-state index contributed by atoms with van der Waals surface area (Å²) in [6.07, 6.45) is 0.688. The molecule has 0 unspecified atom stereocenters. The van der Waals surface area contributed by atoms with E-state index in [1.807, 2.05) is 32.9 Å². The summed E-state index contributed by atoms with van der Waals surface area (Å²) in [7, 11) is 0. The monoisotopic (exact) mass is 234 g/mol. The van der Waals surface area contributed by atoms with Crippen LogP contribution in [0, 0.1) is 0 Å². The molecule has 3 N–H and O–H groups in total. The maximum Gasteiger partial charge on any atom is 0.215 e. The molecular formula is C12H18N4O. The molecule has 5 heteroatoms. The fraction of sp³-hybridized carbons (Fsp3) is 0.500. The molecule has 5 nitrogen and oxygen atoms in total. The number of hydrogen-bond acceptors (Lipinski definition) is 4. The van der Waals surface area contributed by atoms with E-state index in [0.29, 0.717) is 24.6 Å². The second-order valence-electron chi connectivity index (χ2n) is 4.80. The molecule has 0 saturated carbocycles. The number of nitrogens with two attached hydrogens (primary N) is 1. The average Bonchev–Trinajstić information content (AvgIpc) is 2.56. The van der Waals surface area contributed by atoms with Crippen LogP contribution < -0.4 is 10.5 Å². The molecule has 0 aliphatic rings. The molecule has 0 radical (unpaired) electrons. The molecule has 0 aliphatic carbocycles. The lowest BCUT2D eigenvalue weighted by molar-refractivity contribution is 0.328. The highest BCUT2D eigenvalue weighted by Gasteiger charge is 2.15. The molecule has 17 heavy (non-hydrogen) atoms. The van der Waals surface area contributed by atoms with Gasteiger partial charge in [0, 0.05) is 18.0 Å². The number of ether oxygens (including phenoxy) is 1. The third-order valence-electron chi connectivity index (χ3n) is 2.28. The van der Waals surface area contributed by atoms with Crippen molar-refractivity contribution >= 4 is 11.2 Å². The van der Waals surface area contributed by atoms with Gasteiger partial charge in [-0.25, -0.2) is 4.98 Å². The standard InChI is InChI=1S/C12H18N4O/c1-4-17-10-6-5-8-11(16-10)15-9(14-8)7-12(2,3)13/h5-6H,4,7,13H2,1-3H3,(H,14,15,16). The summed E-state index contributed by atoms with van der Waals surface area (Å²) in [4.78, 5) is 11.9. The van der Waals surface area contributed by atoms with Gasteiger partial charge in [0.1, 0.15) is 5.82 Å². The van der Waals surface area contributed by atoms with Crippen molar-refractivity contribution in [2.24, 2.45) is 5.73 Å². The van der Waals surface area contributed by atoms with Crippen molar-refractivity contribution in [3.05, 3.63) is 18.0 Å². The predicted octanol–water partition coefficient (Wildman–Crippen LogP) is 1.64. The molecule has 0 amide bonds. The van der Waals surface area contributed by atoms with E-state index in [-0.39, 0.29) is 5.54 Å². The maximum absolute atomic E-state index is 5.96. The van der Waals surface area contributed by atoms with Crippen molar-refractivity contribution in [1.29, 1.82) is 0 Å². The first-order valence-electron chi connectivity index (χ1n) is 5.75. The van der Waals surface area contributed by atoms with Crippen LogP contribution in [0.15, 0.2) is 12.1 Å². The molecule has 0 saturated heterocycles. The Morgan fingerprint density at radius 3 is 2.76 bits per heavy atom. The maximum atomic E-state index is 5.96. The molecule has 2 rings (SSSR count). The Kier molecular flexibility index (Phi) is 3.02. The van der Waals surface area contributed by atoms with Gasteiger partial charge in [-0.1, -0.05) is 0 Å². The van der Waals surface area contributed by atoms with Gasteiger partial charge in [0.2, 0.25) is 5.88 Å². The lowest BCUT2D eigenvalue weighted by Crippen LogP contribution is -2.34. The van der Waals surface area contributed by atoms with Gasteiger partial charge in [0.15, 0.2) is 5.65 Å². The lowest BCUT2D eigenvalue weighted by Gasteiger charge is -2.15. The van der Waals surface area contributed by atoms with Crippen molar-refractivity contribution in [3.63, 3.8) is 0 Å². The van der Waals surface area contributed by atoms with Crippen LogP contribution in [0.2, 0.25) is 0 Å². The number of hydrogen-bond donors (Lipinski definition) is 2. The topological polar surface area (TPSA) is 76.8 Å². The first-order chi connectivity index (χ1) is 7.98. The van der Waals surface area contributed by atoms with Crippen LogP contribution in [0.1, 0.15) is 26.6 Å². The normalized spacial score (nSPS) is 12.0. The molecule has 0 atom stereocenters. The summed E-state index contributed by atoms with van der Waals surface area (Å²) < 4.78 is 5.33. The van der Waals surface area contributed by atoms with Crippen LogP contribution in [0.3, 0.4) is 0 Å². The van der Waals surface area contributed by atoms with Gasteiger partial charge >= 0.3 is 0 Å². The number of pyridine rings is 1. The lowest BCUT2D eigenvalue weighted by atomic mass is 10.0. The van der Waals surface area contributed by atoms with Gasteiger partial charge in [-0.2, -0.15) is 4.98 Å². The van der Waals surface area contributed by atoms with Crippen LogP contribution in [0.25, 0.3) is 11.2 Å². The minimum Gasteiger partial charge on any atom is -0.478 e. The first kappa shape index (κ1) is 11.9. The van der Waals surface area contributed by atoms with Gasteiger partial charge in [0.25, 0.3) is 0 Å². The molecule has 0 bridgehead atoms. The summed E-state index contributed by atoms with van der Waals surface area (Å²) in [6.45, 7) is 6.48. The van der Waals surface area contributed by atoms with Crippen LogP contribution in [-0.2, 0) is 6.42 Å². The minimum atomic E-state index is -0.281. The molecule has 0 aromatic carbocycles. The predicted molar refractivity (Wildman–Crippen MR) is 67.0 cm³/mol. The van der Waals surface area contributed by atoms with Crippen LogP contribution >= 0.6 is 0 Å². The first-order valence-corrected chi connectivity index (χ1v) is 5.75. The number of imidazole rings is 1. The fourth-order valence-corrected chi connectivity index (χ4v) is 1.67. The second kappa shape index (κ2) is 4.33. The van der Waals surface area contributed by atoms with E-state index in [4.69, 9.17) is 10.5 Å². The molecular weight excluding hydrogens is 216 g/mol. The Labute approximate surface area is 100 Å². The molecule has 2 aromatic heterocycles. The average molecular weight is 234 g/mol. The van der Waals surface area contributed by atoms with Gasteiger partial charge in [-0.3, -0.25) is 0 Å². The smallest absolute Gasteiger partial charge is 0.215 e. The summed E-state index contributed by atoms with van der Waals surface area (Å²) in [6, 6.07) is 3.76. The van der Waals surface area contributed by atoms with E-state index in [0.717, 1.165) is 11.3 Å². The van der Waals surface area contributed by atoms with E-state index in [1.165, 1.54) is 0 Å². The molecule has 0 spiro atoms. The molecule has 0 aliphatic heterocycles. The van der Waals surface area contributed by atoms with E-state index in [1.54, 1.807) is 0 Å². The van der Waals surface area contributed by atoms with E-state index >= 15 is 0 Å².